The molecular formula is C11H10BrClO. The average Bonchev–Trinajstić information content (AvgIpc) is 2.57. The van der Waals surface area contributed by atoms with Gasteiger partial charge in [-0.05, 0) is 46.0 Å². The second-order valence-corrected chi connectivity index (χ2v) is 4.91. The molecule has 1 atom stereocenters. The molecule has 0 amide bonds. The molecular weight excluding hydrogens is 263 g/mol. The summed E-state index contributed by atoms with van der Waals surface area (Å²) >= 11 is 9.29. The summed E-state index contributed by atoms with van der Waals surface area (Å²) in [7, 11) is 0. The Morgan fingerprint density at radius 3 is 2.79 bits per heavy atom. The minimum atomic E-state index is 0.376. The Hall–Kier alpha value is -0.340. The monoisotopic (exact) mass is 272 g/mol. The summed E-state index contributed by atoms with van der Waals surface area (Å²) in [6.07, 6.45) is 2.39. The van der Waals surface area contributed by atoms with E-state index in [1.54, 1.807) is 0 Å². The lowest BCUT2D eigenvalue weighted by Gasteiger charge is -2.09. The maximum absolute atomic E-state index is 11.1. The smallest absolute Gasteiger partial charge is 0.133 e. The first-order valence-electron chi connectivity index (χ1n) is 4.63. The zero-order valence-corrected chi connectivity index (χ0v) is 9.94. The number of carbonyl (C=O) groups excluding carboxylic acids is 1. The van der Waals surface area contributed by atoms with E-state index < -0.39 is 0 Å². The highest BCUT2D eigenvalue weighted by Gasteiger charge is 2.23. The van der Waals surface area contributed by atoms with Gasteiger partial charge in [0.1, 0.15) is 5.78 Å². The van der Waals surface area contributed by atoms with Crippen LogP contribution in [0.15, 0.2) is 22.7 Å². The summed E-state index contributed by atoms with van der Waals surface area (Å²) in [4.78, 5) is 11.1. The van der Waals surface area contributed by atoms with Crippen LogP contribution >= 0.6 is 27.5 Å². The number of hydrogen-bond donors (Lipinski definition) is 0. The Balaban J connectivity index is 2.24. The van der Waals surface area contributed by atoms with E-state index in [2.05, 4.69) is 15.9 Å². The summed E-state index contributed by atoms with van der Waals surface area (Å²) in [5, 5.41) is 0.720. The molecule has 0 heterocycles. The lowest BCUT2D eigenvalue weighted by molar-refractivity contribution is -0.117. The van der Waals surface area contributed by atoms with Gasteiger partial charge in [0, 0.05) is 17.3 Å². The normalized spacial score (nSPS) is 21.6. The lowest BCUT2D eigenvalue weighted by Crippen LogP contribution is -1.94. The van der Waals surface area contributed by atoms with Crippen molar-refractivity contribution in [3.8, 4) is 0 Å². The molecule has 1 aliphatic rings. The molecule has 0 bridgehead atoms. The summed E-state index contributed by atoms with van der Waals surface area (Å²) in [5.41, 5.74) is 1.21. The molecule has 0 radical (unpaired) electrons. The van der Waals surface area contributed by atoms with E-state index in [4.69, 9.17) is 11.6 Å². The first kappa shape index (κ1) is 10.2. The molecule has 1 aliphatic carbocycles. The fourth-order valence-corrected chi connectivity index (χ4v) is 2.38. The molecule has 1 fully saturated rings. The molecule has 1 nitrogen and oxygen atoms in total. The van der Waals surface area contributed by atoms with Crippen LogP contribution in [0.3, 0.4) is 0 Å². The number of halogens is 2. The third-order valence-corrected chi connectivity index (χ3v) is 3.87. The first-order valence-corrected chi connectivity index (χ1v) is 5.80. The largest absolute Gasteiger partial charge is 0.300 e. The zero-order valence-electron chi connectivity index (χ0n) is 7.59. The predicted molar refractivity (Wildman–Crippen MR) is 60.8 cm³/mol. The lowest BCUT2D eigenvalue weighted by atomic mass is 9.98. The molecule has 1 saturated carbocycles. The Morgan fingerprint density at radius 1 is 1.43 bits per heavy atom. The number of Topliss-reactive ketones (excluding diaryl/α,β-unsaturated/α-hetero) is 1. The summed E-state index contributed by atoms with van der Waals surface area (Å²) in [5.74, 6) is 0.775. The first-order chi connectivity index (χ1) is 6.66. The van der Waals surface area contributed by atoms with Gasteiger partial charge in [-0.1, -0.05) is 17.7 Å². The van der Waals surface area contributed by atoms with Gasteiger partial charge < -0.3 is 0 Å². The van der Waals surface area contributed by atoms with Crippen molar-refractivity contribution in [2.24, 2.45) is 0 Å². The number of benzene rings is 1. The standard InChI is InChI=1S/C11H10BrClO/c12-10-6-8(2-4-11(10)13)7-1-3-9(14)5-7/h2,4,6-7H,1,3,5H2. The third-order valence-electron chi connectivity index (χ3n) is 2.66. The molecule has 1 aromatic carbocycles. The second-order valence-electron chi connectivity index (χ2n) is 3.65. The van der Waals surface area contributed by atoms with E-state index in [1.807, 2.05) is 18.2 Å². The Labute approximate surface area is 96.6 Å². The van der Waals surface area contributed by atoms with Crippen LogP contribution < -0.4 is 0 Å². The van der Waals surface area contributed by atoms with Crippen molar-refractivity contribution in [2.45, 2.75) is 25.2 Å². The molecule has 14 heavy (non-hydrogen) atoms. The van der Waals surface area contributed by atoms with E-state index in [0.29, 0.717) is 18.1 Å². The molecule has 0 aromatic heterocycles. The van der Waals surface area contributed by atoms with Crippen LogP contribution in [-0.2, 0) is 4.79 Å². The van der Waals surface area contributed by atoms with Gasteiger partial charge in [0.2, 0.25) is 0 Å². The van der Waals surface area contributed by atoms with Crippen LogP contribution in [-0.4, -0.2) is 5.78 Å². The molecule has 74 valence electrons. The highest BCUT2D eigenvalue weighted by Crippen LogP contribution is 2.34. The predicted octanol–water partition coefficient (Wildman–Crippen LogP) is 3.94. The van der Waals surface area contributed by atoms with Crippen LogP contribution in [0.4, 0.5) is 0 Å². The average molecular weight is 274 g/mol. The van der Waals surface area contributed by atoms with E-state index in [0.717, 1.165) is 22.3 Å². The third kappa shape index (κ3) is 2.01. The van der Waals surface area contributed by atoms with E-state index in [-0.39, 0.29) is 0 Å². The highest BCUT2D eigenvalue weighted by molar-refractivity contribution is 9.10. The molecule has 2 rings (SSSR count). The summed E-state index contributed by atoms with van der Waals surface area (Å²) < 4.78 is 0.913. The molecule has 0 N–H and O–H groups in total. The SMILES string of the molecule is O=C1CCC(c2ccc(Cl)c(Br)c2)C1. The van der Waals surface area contributed by atoms with Gasteiger partial charge in [-0.15, -0.1) is 0 Å². The maximum Gasteiger partial charge on any atom is 0.133 e. The number of ketones is 1. The van der Waals surface area contributed by atoms with Gasteiger partial charge in [-0.2, -0.15) is 0 Å². The molecule has 3 heteroatoms. The number of hydrogen-bond acceptors (Lipinski definition) is 1. The van der Waals surface area contributed by atoms with Crippen LogP contribution in [0.5, 0.6) is 0 Å². The molecule has 0 aliphatic heterocycles. The topological polar surface area (TPSA) is 17.1 Å². The fourth-order valence-electron chi connectivity index (χ4n) is 1.86. The van der Waals surface area contributed by atoms with Crippen LogP contribution in [0.25, 0.3) is 0 Å². The van der Waals surface area contributed by atoms with Gasteiger partial charge in [0.05, 0.1) is 5.02 Å². The summed E-state index contributed by atoms with van der Waals surface area (Å²) in [6, 6.07) is 5.91. The second kappa shape index (κ2) is 4.03. The van der Waals surface area contributed by atoms with Crippen LogP contribution in [0.1, 0.15) is 30.7 Å². The number of carbonyl (C=O) groups is 1. The quantitative estimate of drug-likeness (QED) is 0.757. The van der Waals surface area contributed by atoms with Crippen molar-refractivity contribution < 1.29 is 4.79 Å². The Kier molecular flexibility index (Phi) is 2.93. The van der Waals surface area contributed by atoms with Gasteiger partial charge in [0.15, 0.2) is 0 Å². The Bertz CT molecular complexity index is 376. The van der Waals surface area contributed by atoms with Crippen molar-refractivity contribution in [1.29, 1.82) is 0 Å². The van der Waals surface area contributed by atoms with Crippen LogP contribution in [0, 0.1) is 0 Å². The van der Waals surface area contributed by atoms with Crippen LogP contribution in [0.2, 0.25) is 5.02 Å². The minimum absolute atomic E-state index is 0.376. The summed E-state index contributed by atoms with van der Waals surface area (Å²) in [6.45, 7) is 0. The van der Waals surface area contributed by atoms with Crippen molar-refractivity contribution in [1.82, 2.24) is 0 Å². The molecule has 0 spiro atoms. The van der Waals surface area contributed by atoms with Gasteiger partial charge in [-0.3, -0.25) is 4.79 Å². The van der Waals surface area contributed by atoms with Crippen molar-refractivity contribution >= 4 is 33.3 Å². The zero-order chi connectivity index (χ0) is 10.1. The fraction of sp³-hybridized carbons (Fsp3) is 0.364. The van der Waals surface area contributed by atoms with E-state index >= 15 is 0 Å². The van der Waals surface area contributed by atoms with Crippen molar-refractivity contribution in [2.75, 3.05) is 0 Å². The highest BCUT2D eigenvalue weighted by atomic mass is 79.9. The number of rotatable bonds is 1. The van der Waals surface area contributed by atoms with Crippen molar-refractivity contribution in [3.63, 3.8) is 0 Å². The van der Waals surface area contributed by atoms with E-state index in [1.165, 1.54) is 5.56 Å². The molecule has 1 unspecified atom stereocenters. The van der Waals surface area contributed by atoms with Gasteiger partial charge >= 0.3 is 0 Å². The van der Waals surface area contributed by atoms with Gasteiger partial charge in [0.25, 0.3) is 0 Å². The van der Waals surface area contributed by atoms with E-state index in [9.17, 15) is 4.79 Å². The molecule has 1 aromatic rings. The maximum atomic E-state index is 11.1. The van der Waals surface area contributed by atoms with Crippen molar-refractivity contribution in [3.05, 3.63) is 33.3 Å². The minimum Gasteiger partial charge on any atom is -0.300 e. The molecule has 0 saturated heterocycles. The van der Waals surface area contributed by atoms with Gasteiger partial charge in [-0.25, -0.2) is 0 Å². The Morgan fingerprint density at radius 2 is 2.21 bits per heavy atom.